The minimum Gasteiger partial charge on any atom is -0.338 e. The van der Waals surface area contributed by atoms with Gasteiger partial charge >= 0.3 is 6.03 Å². The molecule has 2 heterocycles. The first-order chi connectivity index (χ1) is 12.3. The van der Waals surface area contributed by atoms with Gasteiger partial charge in [0, 0.05) is 38.8 Å². The maximum atomic E-state index is 13.0. The number of amides is 2. The zero-order chi connectivity index (χ0) is 18.9. The van der Waals surface area contributed by atoms with Crippen molar-refractivity contribution in [3.05, 3.63) is 29.3 Å². The van der Waals surface area contributed by atoms with E-state index in [0.29, 0.717) is 37.6 Å². The number of hydrogen-bond donors (Lipinski definition) is 1. The second kappa shape index (κ2) is 7.54. The Bertz CT molecular complexity index is 779. The van der Waals surface area contributed by atoms with Crippen molar-refractivity contribution in [2.24, 2.45) is 0 Å². The van der Waals surface area contributed by atoms with Gasteiger partial charge in [0.25, 0.3) is 0 Å². The van der Waals surface area contributed by atoms with Crippen LogP contribution in [0.25, 0.3) is 0 Å². The van der Waals surface area contributed by atoms with Gasteiger partial charge in [-0.2, -0.15) is 4.31 Å². The minimum atomic E-state index is -3.50. The van der Waals surface area contributed by atoms with Crippen molar-refractivity contribution in [1.82, 2.24) is 19.4 Å². The predicted molar refractivity (Wildman–Crippen MR) is 100 cm³/mol. The van der Waals surface area contributed by atoms with E-state index in [1.54, 1.807) is 21.3 Å². The lowest BCUT2D eigenvalue weighted by Crippen LogP contribution is -2.42. The molecule has 0 radical (unpaired) electrons. The number of rotatable bonds is 4. The maximum absolute atomic E-state index is 13.0. The zero-order valence-corrected chi connectivity index (χ0v) is 16.6. The van der Waals surface area contributed by atoms with Crippen LogP contribution in [0.4, 0.5) is 4.79 Å². The van der Waals surface area contributed by atoms with Crippen LogP contribution in [-0.4, -0.2) is 74.9 Å². The molecule has 1 aromatic carbocycles. The third kappa shape index (κ3) is 3.72. The Morgan fingerprint density at radius 1 is 1.27 bits per heavy atom. The smallest absolute Gasteiger partial charge is 0.317 e. The van der Waals surface area contributed by atoms with Gasteiger partial charge in [0.1, 0.15) is 0 Å². The molecular weight excluding hydrogens is 352 g/mol. The minimum absolute atomic E-state index is 0.0974. The molecule has 1 aromatic rings. The Kier molecular flexibility index (Phi) is 5.55. The van der Waals surface area contributed by atoms with E-state index >= 15 is 0 Å². The number of carbonyl (C=O) groups excluding carboxylic acids is 1. The van der Waals surface area contributed by atoms with Crippen LogP contribution in [0.15, 0.2) is 23.1 Å². The van der Waals surface area contributed by atoms with E-state index < -0.39 is 10.0 Å². The highest BCUT2D eigenvalue weighted by Gasteiger charge is 2.34. The summed E-state index contributed by atoms with van der Waals surface area (Å²) in [6, 6.07) is 5.52. The van der Waals surface area contributed by atoms with E-state index in [-0.39, 0.29) is 12.1 Å². The second-order valence-electron chi connectivity index (χ2n) is 7.21. The number of nitrogens with one attached hydrogen (secondary N) is 1. The molecule has 1 fully saturated rings. The highest BCUT2D eigenvalue weighted by Crippen LogP contribution is 2.27. The molecular formula is C18H28N4O3S. The van der Waals surface area contributed by atoms with Crippen molar-refractivity contribution in [2.75, 3.05) is 40.3 Å². The lowest BCUT2D eigenvalue weighted by atomic mass is 10.0. The van der Waals surface area contributed by atoms with Crippen LogP contribution in [0, 0.1) is 0 Å². The predicted octanol–water partition coefficient (Wildman–Crippen LogP) is 1.10. The molecule has 0 bridgehead atoms. The first-order valence-electron chi connectivity index (χ1n) is 9.14. The fourth-order valence-corrected chi connectivity index (χ4v) is 5.17. The summed E-state index contributed by atoms with van der Waals surface area (Å²) in [5, 5.41) is 2.81. The number of nitrogens with zero attached hydrogens (tertiary/aromatic N) is 3. The van der Waals surface area contributed by atoms with E-state index in [9.17, 15) is 13.2 Å². The molecule has 26 heavy (non-hydrogen) atoms. The van der Waals surface area contributed by atoms with Crippen molar-refractivity contribution in [3.63, 3.8) is 0 Å². The highest BCUT2D eigenvalue weighted by atomic mass is 32.2. The Hall–Kier alpha value is -1.64. The molecule has 144 valence electrons. The van der Waals surface area contributed by atoms with Crippen molar-refractivity contribution in [3.8, 4) is 0 Å². The van der Waals surface area contributed by atoms with Gasteiger partial charge in [0.2, 0.25) is 10.0 Å². The van der Waals surface area contributed by atoms with Crippen LogP contribution in [0.2, 0.25) is 0 Å². The van der Waals surface area contributed by atoms with Gasteiger partial charge in [-0.1, -0.05) is 6.07 Å². The Morgan fingerprint density at radius 2 is 2.04 bits per heavy atom. The SMILES string of the molecule is CCNC(=O)N1CCc2ccc(S(=O)(=O)N3CCC(N(C)C)C3)cc2C1. The molecule has 0 saturated carbocycles. The quantitative estimate of drug-likeness (QED) is 0.849. The average molecular weight is 381 g/mol. The number of sulfonamides is 1. The molecule has 0 aliphatic carbocycles. The molecule has 1 atom stereocenters. The van der Waals surface area contributed by atoms with E-state index in [0.717, 1.165) is 24.0 Å². The molecule has 0 aromatic heterocycles. The second-order valence-corrected chi connectivity index (χ2v) is 9.14. The average Bonchev–Trinajstić information content (AvgIpc) is 3.12. The van der Waals surface area contributed by atoms with Crippen LogP contribution in [0.1, 0.15) is 24.5 Å². The van der Waals surface area contributed by atoms with Crippen molar-refractivity contribution in [2.45, 2.75) is 37.2 Å². The third-order valence-electron chi connectivity index (χ3n) is 5.30. The zero-order valence-electron chi connectivity index (χ0n) is 15.7. The van der Waals surface area contributed by atoms with Gasteiger partial charge in [-0.15, -0.1) is 0 Å². The van der Waals surface area contributed by atoms with Gasteiger partial charge in [-0.05, 0) is 57.1 Å². The molecule has 2 amide bonds. The molecule has 7 nitrogen and oxygen atoms in total. The first-order valence-corrected chi connectivity index (χ1v) is 10.6. The van der Waals surface area contributed by atoms with Crippen LogP contribution >= 0.6 is 0 Å². The number of urea groups is 1. The van der Waals surface area contributed by atoms with Gasteiger partial charge < -0.3 is 15.1 Å². The Labute approximate surface area is 156 Å². The Balaban J connectivity index is 1.80. The van der Waals surface area contributed by atoms with Crippen molar-refractivity contribution < 1.29 is 13.2 Å². The molecule has 2 aliphatic heterocycles. The van der Waals surface area contributed by atoms with Crippen LogP contribution < -0.4 is 5.32 Å². The van der Waals surface area contributed by atoms with Crippen molar-refractivity contribution >= 4 is 16.1 Å². The molecule has 1 unspecified atom stereocenters. The van der Waals surface area contributed by atoms with Crippen LogP contribution in [-0.2, 0) is 23.0 Å². The summed E-state index contributed by atoms with van der Waals surface area (Å²) in [4.78, 5) is 16.2. The fourth-order valence-electron chi connectivity index (χ4n) is 3.63. The summed E-state index contributed by atoms with van der Waals surface area (Å²) in [5.74, 6) is 0. The molecule has 3 rings (SSSR count). The summed E-state index contributed by atoms with van der Waals surface area (Å²) in [6.45, 7) is 4.65. The summed E-state index contributed by atoms with van der Waals surface area (Å²) in [6.07, 6.45) is 1.60. The van der Waals surface area contributed by atoms with Gasteiger partial charge in [-0.25, -0.2) is 13.2 Å². The topological polar surface area (TPSA) is 73.0 Å². The summed E-state index contributed by atoms with van der Waals surface area (Å²) in [5.41, 5.74) is 2.05. The number of carbonyl (C=O) groups is 1. The van der Waals surface area contributed by atoms with Crippen LogP contribution in [0.3, 0.4) is 0 Å². The summed E-state index contributed by atoms with van der Waals surface area (Å²) < 4.78 is 27.6. The molecule has 0 spiro atoms. The monoisotopic (exact) mass is 380 g/mol. The number of likely N-dealkylation sites (N-methyl/N-ethyl adjacent to an activating group) is 1. The lowest BCUT2D eigenvalue weighted by Gasteiger charge is -2.29. The first kappa shape index (κ1) is 19.1. The van der Waals surface area contributed by atoms with Crippen LogP contribution in [0.5, 0.6) is 0 Å². The van der Waals surface area contributed by atoms with Gasteiger partial charge in [0.15, 0.2) is 0 Å². The molecule has 2 aliphatic rings. The number of benzene rings is 1. The van der Waals surface area contributed by atoms with E-state index in [1.165, 1.54) is 0 Å². The normalized spacial score (nSPS) is 21.1. The Morgan fingerprint density at radius 3 is 2.69 bits per heavy atom. The fraction of sp³-hybridized carbons (Fsp3) is 0.611. The van der Waals surface area contributed by atoms with Gasteiger partial charge in [0.05, 0.1) is 4.90 Å². The molecule has 1 N–H and O–H groups in total. The summed E-state index contributed by atoms with van der Waals surface area (Å²) >= 11 is 0. The maximum Gasteiger partial charge on any atom is 0.317 e. The molecule has 8 heteroatoms. The van der Waals surface area contributed by atoms with Crippen molar-refractivity contribution in [1.29, 1.82) is 0 Å². The largest absolute Gasteiger partial charge is 0.338 e. The summed E-state index contributed by atoms with van der Waals surface area (Å²) in [7, 11) is 0.465. The van der Waals surface area contributed by atoms with E-state index in [4.69, 9.17) is 0 Å². The number of fused-ring (bicyclic) bond motifs is 1. The lowest BCUT2D eigenvalue weighted by molar-refractivity contribution is 0.193. The number of hydrogen-bond acceptors (Lipinski definition) is 4. The van der Waals surface area contributed by atoms with E-state index in [1.807, 2.05) is 27.1 Å². The third-order valence-corrected chi connectivity index (χ3v) is 7.16. The van der Waals surface area contributed by atoms with E-state index in [2.05, 4.69) is 10.2 Å². The highest BCUT2D eigenvalue weighted by molar-refractivity contribution is 7.89. The molecule has 1 saturated heterocycles. The standard InChI is InChI=1S/C18H28N4O3S/c1-4-19-18(23)21-9-7-14-5-6-17(11-15(14)12-21)26(24,25)22-10-8-16(13-22)20(2)3/h5-6,11,16H,4,7-10,12-13H2,1-3H3,(H,19,23). The van der Waals surface area contributed by atoms with Gasteiger partial charge in [-0.3, -0.25) is 0 Å².